The van der Waals surface area contributed by atoms with Crippen LogP contribution in [0.4, 0.5) is 0 Å². The molecule has 0 aromatic heterocycles. The number of carbonyl (C=O) groups is 3. The van der Waals surface area contributed by atoms with Crippen LogP contribution in [-0.2, 0) is 14.4 Å². The van der Waals surface area contributed by atoms with Crippen molar-refractivity contribution in [1.82, 2.24) is 19.6 Å². The summed E-state index contributed by atoms with van der Waals surface area (Å²) < 4.78 is 0. The van der Waals surface area contributed by atoms with Gasteiger partial charge in [0.2, 0.25) is 0 Å². The molecule has 1 saturated heterocycles. The van der Waals surface area contributed by atoms with Gasteiger partial charge in [0, 0.05) is 98.8 Å². The first-order chi connectivity index (χ1) is 13.2. The van der Waals surface area contributed by atoms with Crippen molar-refractivity contribution in [3.05, 3.63) is 0 Å². The van der Waals surface area contributed by atoms with E-state index in [1.54, 1.807) is 21.6 Å². The zero-order valence-corrected chi connectivity index (χ0v) is 22.4. The van der Waals surface area contributed by atoms with Crippen LogP contribution in [0.3, 0.4) is 0 Å². The van der Waals surface area contributed by atoms with Gasteiger partial charge in [0.05, 0.1) is 25.7 Å². The second-order valence-electron chi connectivity index (χ2n) is 7.16. The SMILES string of the molecule is CC(O)CN1CCN(CC(=O)O)CCN(CC(=O)O)CCN(CC(=O)O)CC1.[Cl-].[Cl-].[Cl-].[Gd]. The Kier molecular flexibility index (Phi) is 27.1. The standard InChI is InChI=1S/C17H32N4O7.3ClH.Gd/c1-14(22)10-18-2-4-19(11-15(23)24)6-8-21(13-17(27)28)9-7-20(5-3-18)12-16(25)26;;;;/h14,22H,2-13H2,1H3,(H,23,24)(H,25,26)(H,27,28);3*1H;/p-3. The van der Waals surface area contributed by atoms with E-state index in [2.05, 4.69) is 0 Å². The molecule has 1 fully saturated rings. The normalized spacial score (nSPS) is 18.2. The van der Waals surface area contributed by atoms with Crippen LogP contribution in [0.25, 0.3) is 0 Å². The van der Waals surface area contributed by atoms with E-state index in [9.17, 15) is 19.5 Å². The Balaban J connectivity index is -0.000000980. The molecule has 0 radical (unpaired) electrons. The summed E-state index contributed by atoms with van der Waals surface area (Å²) in [4.78, 5) is 40.6. The third-order valence-corrected chi connectivity index (χ3v) is 4.53. The van der Waals surface area contributed by atoms with Crippen molar-refractivity contribution in [2.24, 2.45) is 0 Å². The molecular weight excluding hydrogens is 636 g/mol. The average molecular weight is 668 g/mol. The fourth-order valence-corrected chi connectivity index (χ4v) is 3.18. The first-order valence-electron chi connectivity index (χ1n) is 9.38. The van der Waals surface area contributed by atoms with Gasteiger partial charge in [-0.15, -0.1) is 0 Å². The van der Waals surface area contributed by atoms with E-state index in [-0.39, 0.29) is 96.8 Å². The summed E-state index contributed by atoms with van der Waals surface area (Å²) in [5.41, 5.74) is 0. The Labute approximate surface area is 239 Å². The maximum absolute atomic E-state index is 11.1. The van der Waals surface area contributed by atoms with Crippen LogP contribution in [-0.4, -0.2) is 143 Å². The molecule has 0 aromatic rings. The number of aliphatic carboxylic acids is 3. The van der Waals surface area contributed by atoms with Crippen LogP contribution < -0.4 is 37.2 Å². The molecule has 194 valence electrons. The monoisotopic (exact) mass is 667 g/mol. The summed E-state index contributed by atoms with van der Waals surface area (Å²) in [5.74, 6) is -2.89. The Bertz CT molecular complexity index is 506. The topological polar surface area (TPSA) is 145 Å². The van der Waals surface area contributed by atoms with Gasteiger partial charge in [0.15, 0.2) is 0 Å². The minimum Gasteiger partial charge on any atom is -1.00 e. The van der Waals surface area contributed by atoms with Crippen LogP contribution in [0.15, 0.2) is 0 Å². The second kappa shape index (κ2) is 21.9. The molecule has 1 aliphatic rings. The quantitative estimate of drug-likeness (QED) is 0.196. The number of aliphatic hydroxyl groups is 1. The minimum absolute atomic E-state index is 0. The number of aliphatic hydroxyl groups excluding tert-OH is 1. The van der Waals surface area contributed by atoms with E-state index in [1.165, 1.54) is 0 Å². The third kappa shape index (κ3) is 19.8. The smallest absolute Gasteiger partial charge is 0.317 e. The van der Waals surface area contributed by atoms with Crippen molar-refractivity contribution in [2.45, 2.75) is 13.0 Å². The summed E-state index contributed by atoms with van der Waals surface area (Å²) in [7, 11) is 0. The second-order valence-corrected chi connectivity index (χ2v) is 7.16. The molecular formula is C17H32Cl3GdN4O7-3. The van der Waals surface area contributed by atoms with Crippen molar-refractivity contribution >= 4 is 17.9 Å². The van der Waals surface area contributed by atoms with Crippen molar-refractivity contribution < 1.29 is 112 Å². The largest absolute Gasteiger partial charge is 1.00 e. The van der Waals surface area contributed by atoms with Crippen LogP contribution in [0.2, 0.25) is 0 Å². The van der Waals surface area contributed by atoms with Gasteiger partial charge in [-0.05, 0) is 6.92 Å². The van der Waals surface area contributed by atoms with Gasteiger partial charge in [-0.25, -0.2) is 0 Å². The molecule has 0 saturated carbocycles. The molecule has 32 heavy (non-hydrogen) atoms. The van der Waals surface area contributed by atoms with E-state index in [4.69, 9.17) is 15.3 Å². The molecule has 0 spiro atoms. The van der Waals surface area contributed by atoms with E-state index < -0.39 is 24.0 Å². The molecule has 0 aliphatic carbocycles. The van der Waals surface area contributed by atoms with Gasteiger partial charge < -0.3 is 57.6 Å². The fraction of sp³-hybridized carbons (Fsp3) is 0.824. The predicted molar refractivity (Wildman–Crippen MR) is 100 cm³/mol. The van der Waals surface area contributed by atoms with Crippen molar-refractivity contribution in [3.63, 3.8) is 0 Å². The fourth-order valence-electron chi connectivity index (χ4n) is 3.18. The molecule has 0 amide bonds. The molecule has 1 atom stereocenters. The van der Waals surface area contributed by atoms with E-state index in [1.807, 2.05) is 4.90 Å². The Morgan fingerprint density at radius 1 is 0.625 bits per heavy atom. The van der Waals surface area contributed by atoms with Gasteiger partial charge in [0.1, 0.15) is 0 Å². The number of carboxylic acids is 3. The van der Waals surface area contributed by atoms with Crippen LogP contribution >= 0.6 is 0 Å². The molecule has 1 rings (SSSR count). The number of β-amino-alcohol motifs (C(OH)–C–C–N with tert-alkyl or cyclic N) is 1. The van der Waals surface area contributed by atoms with Crippen molar-refractivity contribution in [3.8, 4) is 0 Å². The average Bonchev–Trinajstić information content (AvgIpc) is 2.55. The maximum atomic E-state index is 11.1. The number of hydrogen-bond donors (Lipinski definition) is 4. The number of carboxylic acid groups (broad SMARTS) is 3. The molecule has 1 unspecified atom stereocenters. The molecule has 0 bridgehead atoms. The van der Waals surface area contributed by atoms with Crippen molar-refractivity contribution in [1.29, 1.82) is 0 Å². The Hall–Kier alpha value is 0.405. The van der Waals surface area contributed by atoms with Gasteiger partial charge >= 0.3 is 17.9 Å². The summed E-state index contributed by atoms with van der Waals surface area (Å²) in [6, 6.07) is 0. The zero-order valence-electron chi connectivity index (χ0n) is 17.9. The first kappa shape index (κ1) is 39.6. The van der Waals surface area contributed by atoms with Crippen LogP contribution in [0.5, 0.6) is 0 Å². The van der Waals surface area contributed by atoms with Crippen molar-refractivity contribution in [2.75, 3.05) is 78.5 Å². The molecule has 4 N–H and O–H groups in total. The Morgan fingerprint density at radius 3 is 1.03 bits per heavy atom. The molecule has 11 nitrogen and oxygen atoms in total. The predicted octanol–water partition coefficient (Wildman–Crippen LogP) is -11.1. The zero-order chi connectivity index (χ0) is 21.1. The van der Waals surface area contributed by atoms with Crippen LogP contribution in [0, 0.1) is 39.9 Å². The van der Waals surface area contributed by atoms with E-state index >= 15 is 0 Å². The summed E-state index contributed by atoms with van der Waals surface area (Å²) in [5, 5.41) is 37.1. The van der Waals surface area contributed by atoms with Crippen LogP contribution in [0.1, 0.15) is 6.92 Å². The number of rotatable bonds is 8. The van der Waals surface area contributed by atoms with E-state index in [0.717, 1.165) is 0 Å². The Morgan fingerprint density at radius 2 is 0.844 bits per heavy atom. The number of halogens is 3. The van der Waals surface area contributed by atoms with E-state index in [0.29, 0.717) is 58.9 Å². The maximum Gasteiger partial charge on any atom is 0.317 e. The number of hydrogen-bond acceptors (Lipinski definition) is 8. The summed E-state index contributed by atoms with van der Waals surface area (Å²) in [6.45, 7) is 5.10. The van der Waals surface area contributed by atoms with Gasteiger partial charge in [0.25, 0.3) is 0 Å². The third-order valence-electron chi connectivity index (χ3n) is 4.53. The van der Waals surface area contributed by atoms with Gasteiger partial charge in [-0.3, -0.25) is 34.0 Å². The molecule has 0 aromatic carbocycles. The molecule has 1 heterocycles. The number of nitrogens with zero attached hydrogens (tertiary/aromatic N) is 4. The molecule has 1 aliphatic heterocycles. The molecule has 15 heteroatoms. The first-order valence-corrected chi connectivity index (χ1v) is 9.38. The van der Waals surface area contributed by atoms with Gasteiger partial charge in [-0.2, -0.15) is 0 Å². The van der Waals surface area contributed by atoms with Gasteiger partial charge in [-0.1, -0.05) is 0 Å². The summed E-state index contributed by atoms with van der Waals surface area (Å²) >= 11 is 0. The minimum atomic E-state index is -0.982. The summed E-state index contributed by atoms with van der Waals surface area (Å²) in [6.07, 6.45) is -0.556.